The maximum absolute atomic E-state index is 5.29. The van der Waals surface area contributed by atoms with Crippen molar-refractivity contribution in [1.82, 2.24) is 9.97 Å². The fourth-order valence-electron chi connectivity index (χ4n) is 1.81. The van der Waals surface area contributed by atoms with Gasteiger partial charge in [-0.2, -0.15) is 0 Å². The molecule has 4 heteroatoms. The molecule has 1 N–H and O–H groups in total. The number of benzene rings is 1. The van der Waals surface area contributed by atoms with Gasteiger partial charge in [0.15, 0.2) is 0 Å². The highest BCUT2D eigenvalue weighted by atomic mass is 32.1. The van der Waals surface area contributed by atoms with E-state index in [0.29, 0.717) is 4.64 Å². The summed E-state index contributed by atoms with van der Waals surface area (Å²) in [5.41, 5.74) is 4.26. The first kappa shape index (κ1) is 11.8. The first-order valence-electron chi connectivity index (χ1n) is 5.31. The first-order valence-corrected chi connectivity index (χ1v) is 5.72. The number of hydrogen-bond acceptors (Lipinski definition) is 3. The van der Waals surface area contributed by atoms with Gasteiger partial charge in [-0.05, 0) is 37.1 Å². The first-order chi connectivity index (χ1) is 8.11. The van der Waals surface area contributed by atoms with Gasteiger partial charge in [0.2, 0.25) is 0 Å². The van der Waals surface area contributed by atoms with Crippen LogP contribution in [-0.4, -0.2) is 17.1 Å². The van der Waals surface area contributed by atoms with Crippen LogP contribution in [0, 0.1) is 18.5 Å². The molecular formula is C13H14N2OS. The second-order valence-electron chi connectivity index (χ2n) is 3.95. The van der Waals surface area contributed by atoms with Gasteiger partial charge in [-0.1, -0.05) is 12.2 Å². The van der Waals surface area contributed by atoms with E-state index >= 15 is 0 Å². The summed E-state index contributed by atoms with van der Waals surface area (Å²) in [6.45, 7) is 4.06. The number of nitrogens with one attached hydrogen (secondary N) is 1. The van der Waals surface area contributed by atoms with Gasteiger partial charge in [-0.25, -0.2) is 0 Å². The Morgan fingerprint density at radius 1 is 1.18 bits per heavy atom. The second-order valence-corrected chi connectivity index (χ2v) is 4.39. The van der Waals surface area contributed by atoms with Crippen LogP contribution < -0.4 is 4.74 Å². The third-order valence-corrected chi connectivity index (χ3v) is 2.89. The molecule has 0 radical (unpaired) electrons. The Hall–Kier alpha value is -1.68. The second kappa shape index (κ2) is 4.67. The molecule has 1 aromatic carbocycles. The van der Waals surface area contributed by atoms with Gasteiger partial charge in [0.05, 0.1) is 25.2 Å². The van der Waals surface area contributed by atoms with Gasteiger partial charge in [0.1, 0.15) is 10.4 Å². The molecule has 0 amide bonds. The molecule has 0 unspecified atom stereocenters. The summed E-state index contributed by atoms with van der Waals surface area (Å²) in [6, 6.07) is 4.10. The molecule has 0 aliphatic carbocycles. The molecule has 3 nitrogen and oxygen atoms in total. The van der Waals surface area contributed by atoms with Gasteiger partial charge in [-0.3, -0.25) is 4.98 Å². The molecular weight excluding hydrogens is 232 g/mol. The van der Waals surface area contributed by atoms with E-state index in [0.717, 1.165) is 28.1 Å². The van der Waals surface area contributed by atoms with E-state index in [1.54, 1.807) is 19.5 Å². The number of aromatic amines is 1. The smallest absolute Gasteiger partial charge is 0.122 e. The molecule has 0 aliphatic heterocycles. The molecule has 17 heavy (non-hydrogen) atoms. The SMILES string of the molecule is COc1cc(C)c(-c2cncc(=S)[nH]2)cc1C. The number of rotatable bonds is 2. The summed E-state index contributed by atoms with van der Waals surface area (Å²) in [7, 11) is 1.68. The third-order valence-electron chi connectivity index (χ3n) is 2.69. The highest BCUT2D eigenvalue weighted by Gasteiger charge is 2.07. The Bertz CT molecular complexity index is 605. The lowest BCUT2D eigenvalue weighted by atomic mass is 10.0. The highest BCUT2D eigenvalue weighted by Crippen LogP contribution is 2.28. The molecule has 0 saturated heterocycles. The maximum Gasteiger partial charge on any atom is 0.122 e. The summed E-state index contributed by atoms with van der Waals surface area (Å²) in [6.07, 6.45) is 3.41. The van der Waals surface area contributed by atoms with Gasteiger partial charge in [-0.15, -0.1) is 0 Å². The largest absolute Gasteiger partial charge is 0.496 e. The maximum atomic E-state index is 5.29. The standard InChI is InChI=1S/C13H14N2OS/c1-8-5-12(16-3)9(2)4-10(8)11-6-14-7-13(17)15-11/h4-7H,1-3H3,(H,15,17). The topological polar surface area (TPSA) is 37.9 Å². The number of ether oxygens (including phenoxy) is 1. The zero-order valence-electron chi connectivity index (χ0n) is 10.1. The van der Waals surface area contributed by atoms with E-state index in [1.165, 1.54) is 0 Å². The molecule has 0 saturated carbocycles. The molecule has 1 heterocycles. The molecule has 0 atom stereocenters. The molecule has 2 aromatic rings. The molecule has 0 bridgehead atoms. The van der Waals surface area contributed by atoms with Gasteiger partial charge in [0, 0.05) is 5.56 Å². The van der Waals surface area contributed by atoms with Crippen LogP contribution in [0.3, 0.4) is 0 Å². The monoisotopic (exact) mass is 246 g/mol. The highest BCUT2D eigenvalue weighted by molar-refractivity contribution is 7.71. The zero-order chi connectivity index (χ0) is 12.4. The number of hydrogen-bond donors (Lipinski definition) is 1. The number of aromatic nitrogens is 2. The molecule has 1 aromatic heterocycles. The number of aryl methyl sites for hydroxylation is 2. The Morgan fingerprint density at radius 2 is 1.94 bits per heavy atom. The van der Waals surface area contributed by atoms with Crippen molar-refractivity contribution >= 4 is 12.2 Å². The van der Waals surface area contributed by atoms with Crippen LogP contribution in [0.5, 0.6) is 5.75 Å². The fraction of sp³-hybridized carbons (Fsp3) is 0.231. The molecule has 0 aliphatic rings. The van der Waals surface area contributed by atoms with Crippen LogP contribution in [0.15, 0.2) is 24.5 Å². The number of H-pyrrole nitrogens is 1. The Morgan fingerprint density at radius 3 is 2.59 bits per heavy atom. The minimum atomic E-state index is 0.635. The van der Waals surface area contributed by atoms with Crippen molar-refractivity contribution in [3.05, 3.63) is 40.3 Å². The third kappa shape index (κ3) is 2.36. The van der Waals surface area contributed by atoms with Crippen LogP contribution in [0.25, 0.3) is 11.3 Å². The lowest BCUT2D eigenvalue weighted by Gasteiger charge is -2.11. The van der Waals surface area contributed by atoms with E-state index < -0.39 is 0 Å². The van der Waals surface area contributed by atoms with Crippen LogP contribution in [0.4, 0.5) is 0 Å². The minimum absolute atomic E-state index is 0.635. The summed E-state index contributed by atoms with van der Waals surface area (Å²) in [5, 5.41) is 0. The Labute approximate surface area is 105 Å². The fourth-order valence-corrected chi connectivity index (χ4v) is 1.98. The molecule has 0 spiro atoms. The summed E-state index contributed by atoms with van der Waals surface area (Å²) in [5.74, 6) is 0.897. The van der Waals surface area contributed by atoms with Crippen LogP contribution in [0.1, 0.15) is 11.1 Å². The van der Waals surface area contributed by atoms with E-state index in [1.807, 2.05) is 19.9 Å². The quantitative estimate of drug-likeness (QED) is 0.825. The summed E-state index contributed by atoms with van der Waals surface area (Å²) in [4.78, 5) is 7.25. The predicted molar refractivity (Wildman–Crippen MR) is 70.9 cm³/mol. The average molecular weight is 246 g/mol. The predicted octanol–water partition coefficient (Wildman–Crippen LogP) is 3.43. The van der Waals surface area contributed by atoms with Crippen molar-refractivity contribution in [2.75, 3.05) is 7.11 Å². The van der Waals surface area contributed by atoms with Gasteiger partial charge in [0.25, 0.3) is 0 Å². The Kier molecular flexibility index (Phi) is 3.24. The van der Waals surface area contributed by atoms with E-state index in [-0.39, 0.29) is 0 Å². The van der Waals surface area contributed by atoms with Crippen molar-refractivity contribution in [2.24, 2.45) is 0 Å². The van der Waals surface area contributed by atoms with Crippen molar-refractivity contribution in [2.45, 2.75) is 13.8 Å². The van der Waals surface area contributed by atoms with E-state index in [2.05, 4.69) is 16.0 Å². The van der Waals surface area contributed by atoms with Gasteiger partial charge >= 0.3 is 0 Å². The average Bonchev–Trinajstić information content (AvgIpc) is 2.31. The molecule has 88 valence electrons. The zero-order valence-corrected chi connectivity index (χ0v) is 10.9. The van der Waals surface area contributed by atoms with Crippen molar-refractivity contribution < 1.29 is 4.74 Å². The molecule has 2 rings (SSSR count). The van der Waals surface area contributed by atoms with E-state index in [9.17, 15) is 0 Å². The number of nitrogens with zero attached hydrogens (tertiary/aromatic N) is 1. The Balaban J connectivity index is 2.60. The summed E-state index contributed by atoms with van der Waals surface area (Å²) >= 11 is 5.08. The van der Waals surface area contributed by atoms with Crippen LogP contribution in [-0.2, 0) is 0 Å². The van der Waals surface area contributed by atoms with Crippen LogP contribution >= 0.6 is 12.2 Å². The lowest BCUT2D eigenvalue weighted by molar-refractivity contribution is 0.411. The van der Waals surface area contributed by atoms with Crippen LogP contribution in [0.2, 0.25) is 0 Å². The van der Waals surface area contributed by atoms with Crippen molar-refractivity contribution in [3.8, 4) is 17.0 Å². The van der Waals surface area contributed by atoms with E-state index in [4.69, 9.17) is 17.0 Å². The van der Waals surface area contributed by atoms with Crippen molar-refractivity contribution in [3.63, 3.8) is 0 Å². The van der Waals surface area contributed by atoms with Crippen molar-refractivity contribution in [1.29, 1.82) is 0 Å². The lowest BCUT2D eigenvalue weighted by Crippen LogP contribution is -1.93. The minimum Gasteiger partial charge on any atom is -0.496 e. The summed E-state index contributed by atoms with van der Waals surface area (Å²) < 4.78 is 5.93. The normalized spacial score (nSPS) is 10.3. The number of methoxy groups -OCH3 is 1. The van der Waals surface area contributed by atoms with Gasteiger partial charge < -0.3 is 9.72 Å². The molecule has 0 fully saturated rings.